The minimum absolute atomic E-state index is 0.0478. The number of rotatable bonds is 2. The van der Waals surface area contributed by atoms with Gasteiger partial charge in [0, 0.05) is 0 Å². The summed E-state index contributed by atoms with van der Waals surface area (Å²) in [5.74, 6) is -1.93. The smallest absolute Gasteiger partial charge is 0.182 e. The average molecular weight is 256 g/mol. The van der Waals surface area contributed by atoms with E-state index in [0.29, 0.717) is 0 Å². The molecule has 0 amide bonds. The van der Waals surface area contributed by atoms with Gasteiger partial charge in [0.15, 0.2) is 5.78 Å². The van der Waals surface area contributed by atoms with E-state index in [9.17, 15) is 9.18 Å². The van der Waals surface area contributed by atoms with Crippen LogP contribution in [0.25, 0.3) is 0 Å². The van der Waals surface area contributed by atoms with Gasteiger partial charge in [-0.15, -0.1) is 0 Å². The molecule has 0 spiro atoms. The van der Waals surface area contributed by atoms with Gasteiger partial charge in [0.05, 0.1) is 16.1 Å². The van der Waals surface area contributed by atoms with Crippen molar-refractivity contribution in [3.63, 3.8) is 0 Å². The summed E-state index contributed by atoms with van der Waals surface area (Å²) >= 11 is 2.98. The van der Waals surface area contributed by atoms with Crippen LogP contribution in [0.3, 0.4) is 0 Å². The molecule has 0 aliphatic carbocycles. The molecular formula is C10H7BrFNO. The topological polar surface area (TPSA) is 40.9 Å². The minimum atomic E-state index is -0.821. The fourth-order valence-corrected chi connectivity index (χ4v) is 1.35. The van der Waals surface area contributed by atoms with E-state index in [1.807, 2.05) is 0 Å². The molecule has 1 aromatic rings. The number of nitriles is 1. The van der Waals surface area contributed by atoms with Gasteiger partial charge in [-0.25, -0.2) is 4.39 Å². The quantitative estimate of drug-likeness (QED) is 0.763. The first-order valence-electron chi connectivity index (χ1n) is 3.95. The van der Waals surface area contributed by atoms with E-state index >= 15 is 0 Å². The molecule has 0 heterocycles. The Hall–Kier alpha value is -1.21. The molecule has 0 fully saturated rings. The van der Waals surface area contributed by atoms with Crippen LogP contribution in [0.15, 0.2) is 22.7 Å². The van der Waals surface area contributed by atoms with Gasteiger partial charge < -0.3 is 0 Å². The van der Waals surface area contributed by atoms with E-state index in [4.69, 9.17) is 5.26 Å². The molecule has 1 aromatic carbocycles. The molecule has 0 radical (unpaired) electrons. The van der Waals surface area contributed by atoms with Gasteiger partial charge in [0.25, 0.3) is 0 Å². The van der Waals surface area contributed by atoms with E-state index in [2.05, 4.69) is 15.9 Å². The molecule has 14 heavy (non-hydrogen) atoms. The zero-order valence-electron chi connectivity index (χ0n) is 7.42. The van der Waals surface area contributed by atoms with Crippen molar-refractivity contribution in [2.75, 3.05) is 0 Å². The molecule has 0 saturated heterocycles. The van der Waals surface area contributed by atoms with Crippen molar-refractivity contribution < 1.29 is 9.18 Å². The van der Waals surface area contributed by atoms with Crippen LogP contribution in [-0.2, 0) is 0 Å². The third-order valence-electron chi connectivity index (χ3n) is 1.80. The summed E-state index contributed by atoms with van der Waals surface area (Å²) in [5.41, 5.74) is -0.0478. The number of hydrogen-bond donors (Lipinski definition) is 0. The van der Waals surface area contributed by atoms with Crippen LogP contribution < -0.4 is 0 Å². The second-order valence-electron chi connectivity index (χ2n) is 2.82. The molecule has 4 heteroatoms. The van der Waals surface area contributed by atoms with Crippen molar-refractivity contribution in [1.29, 1.82) is 5.26 Å². The Labute approximate surface area is 89.5 Å². The maximum atomic E-state index is 13.4. The normalized spacial score (nSPS) is 11.9. The summed E-state index contributed by atoms with van der Waals surface area (Å²) in [7, 11) is 0. The molecule has 0 bridgehead atoms. The Bertz CT molecular complexity index is 411. The lowest BCUT2D eigenvalue weighted by Crippen LogP contribution is -2.11. The second-order valence-corrected chi connectivity index (χ2v) is 3.67. The van der Waals surface area contributed by atoms with Crippen LogP contribution >= 0.6 is 15.9 Å². The highest BCUT2D eigenvalue weighted by atomic mass is 79.9. The highest BCUT2D eigenvalue weighted by molar-refractivity contribution is 9.10. The minimum Gasteiger partial charge on any atom is -0.293 e. The summed E-state index contributed by atoms with van der Waals surface area (Å²) in [6.07, 6.45) is 0. The van der Waals surface area contributed by atoms with Crippen LogP contribution in [0.1, 0.15) is 17.3 Å². The first-order chi connectivity index (χ1) is 6.57. The Morgan fingerprint density at radius 2 is 2.29 bits per heavy atom. The largest absolute Gasteiger partial charge is 0.293 e. The molecule has 1 unspecified atom stereocenters. The summed E-state index contributed by atoms with van der Waals surface area (Å²) < 4.78 is 13.6. The number of ketones is 1. The third kappa shape index (κ3) is 1.99. The van der Waals surface area contributed by atoms with Crippen LogP contribution in [0.2, 0.25) is 0 Å². The van der Waals surface area contributed by atoms with Crippen molar-refractivity contribution in [1.82, 2.24) is 0 Å². The molecule has 2 nitrogen and oxygen atoms in total. The lowest BCUT2D eigenvalue weighted by atomic mass is 10.0. The second kappa shape index (κ2) is 4.34. The van der Waals surface area contributed by atoms with E-state index in [1.54, 1.807) is 12.1 Å². The Morgan fingerprint density at radius 1 is 1.64 bits per heavy atom. The van der Waals surface area contributed by atoms with E-state index < -0.39 is 17.5 Å². The summed E-state index contributed by atoms with van der Waals surface area (Å²) in [5, 5.41) is 8.52. The Kier molecular flexibility index (Phi) is 3.37. The number of benzene rings is 1. The lowest BCUT2D eigenvalue weighted by Gasteiger charge is -2.04. The van der Waals surface area contributed by atoms with Gasteiger partial charge >= 0.3 is 0 Å². The standard InChI is InChI=1S/C10H7BrFNO/c1-6(5-13)10(14)7-3-2-4-8(11)9(7)12/h2-4,6H,1H3. The van der Waals surface area contributed by atoms with Crippen molar-refractivity contribution in [2.24, 2.45) is 5.92 Å². The van der Waals surface area contributed by atoms with Gasteiger partial charge in [-0.1, -0.05) is 6.07 Å². The predicted octanol–water partition coefficient (Wildman–Crippen LogP) is 2.93. The van der Waals surface area contributed by atoms with Crippen LogP contribution in [-0.4, -0.2) is 5.78 Å². The van der Waals surface area contributed by atoms with Crippen LogP contribution in [0.5, 0.6) is 0 Å². The fraction of sp³-hybridized carbons (Fsp3) is 0.200. The highest BCUT2D eigenvalue weighted by Crippen LogP contribution is 2.20. The molecule has 0 aliphatic heterocycles. The molecule has 1 rings (SSSR count). The number of hydrogen-bond acceptors (Lipinski definition) is 2. The Morgan fingerprint density at radius 3 is 2.86 bits per heavy atom. The number of nitrogens with zero attached hydrogens (tertiary/aromatic N) is 1. The van der Waals surface area contributed by atoms with Gasteiger partial charge in [0.1, 0.15) is 11.7 Å². The summed E-state index contributed by atoms with van der Waals surface area (Å²) in [4.78, 5) is 11.5. The third-order valence-corrected chi connectivity index (χ3v) is 2.42. The van der Waals surface area contributed by atoms with E-state index in [-0.39, 0.29) is 10.0 Å². The Balaban J connectivity index is 3.15. The molecule has 1 atom stereocenters. The van der Waals surface area contributed by atoms with E-state index in [0.717, 1.165) is 0 Å². The number of carbonyl (C=O) groups is 1. The van der Waals surface area contributed by atoms with Crippen molar-refractivity contribution in [2.45, 2.75) is 6.92 Å². The predicted molar refractivity (Wildman–Crippen MR) is 53.2 cm³/mol. The number of carbonyl (C=O) groups excluding carboxylic acids is 1. The van der Waals surface area contributed by atoms with E-state index in [1.165, 1.54) is 19.1 Å². The van der Waals surface area contributed by atoms with Crippen molar-refractivity contribution in [3.05, 3.63) is 34.1 Å². The molecule has 0 N–H and O–H groups in total. The maximum Gasteiger partial charge on any atom is 0.182 e. The molecular weight excluding hydrogens is 249 g/mol. The zero-order valence-corrected chi connectivity index (χ0v) is 9.01. The molecule has 0 aromatic heterocycles. The molecule has 0 saturated carbocycles. The number of halogens is 2. The monoisotopic (exact) mass is 255 g/mol. The zero-order chi connectivity index (χ0) is 10.7. The average Bonchev–Trinajstić information content (AvgIpc) is 2.20. The first-order valence-corrected chi connectivity index (χ1v) is 4.75. The van der Waals surface area contributed by atoms with Gasteiger partial charge in [-0.2, -0.15) is 5.26 Å². The van der Waals surface area contributed by atoms with Gasteiger partial charge in [-0.3, -0.25) is 4.79 Å². The molecule has 0 aliphatic rings. The first kappa shape index (κ1) is 10.9. The fourth-order valence-electron chi connectivity index (χ4n) is 0.986. The number of Topliss-reactive ketones (excluding diaryl/α,β-unsaturated/α-hetero) is 1. The van der Waals surface area contributed by atoms with Gasteiger partial charge in [0.2, 0.25) is 0 Å². The lowest BCUT2D eigenvalue weighted by molar-refractivity contribution is 0.0952. The summed E-state index contributed by atoms with van der Waals surface area (Å²) in [6.45, 7) is 1.45. The van der Waals surface area contributed by atoms with Crippen molar-refractivity contribution in [3.8, 4) is 6.07 Å². The van der Waals surface area contributed by atoms with Crippen LogP contribution in [0.4, 0.5) is 4.39 Å². The molecule has 72 valence electrons. The van der Waals surface area contributed by atoms with Gasteiger partial charge in [-0.05, 0) is 35.0 Å². The maximum absolute atomic E-state index is 13.4. The van der Waals surface area contributed by atoms with Crippen molar-refractivity contribution >= 4 is 21.7 Å². The highest BCUT2D eigenvalue weighted by Gasteiger charge is 2.19. The SMILES string of the molecule is CC(C#N)C(=O)c1cccc(Br)c1F. The van der Waals surface area contributed by atoms with Crippen LogP contribution in [0, 0.1) is 23.1 Å². The summed E-state index contributed by atoms with van der Waals surface area (Å²) in [6, 6.07) is 6.21.